The quantitative estimate of drug-likeness (QED) is 0.698. The highest BCUT2D eigenvalue weighted by atomic mass is 35.5. The Morgan fingerprint density at radius 2 is 1.82 bits per heavy atom. The lowest BCUT2D eigenvalue weighted by Gasteiger charge is -2.27. The zero-order chi connectivity index (χ0) is 19.9. The van der Waals surface area contributed by atoms with E-state index in [0.717, 1.165) is 33.6 Å². The molecule has 3 aromatic carbocycles. The van der Waals surface area contributed by atoms with Gasteiger partial charge < -0.3 is 16.2 Å². The first kappa shape index (κ1) is 18.5. The number of rotatable bonds is 4. The average Bonchev–Trinajstić information content (AvgIpc) is 3.09. The van der Waals surface area contributed by atoms with E-state index in [1.165, 1.54) is 0 Å². The van der Waals surface area contributed by atoms with Crippen molar-refractivity contribution in [3.63, 3.8) is 0 Å². The van der Waals surface area contributed by atoms with Crippen LogP contribution in [0.3, 0.4) is 0 Å². The molecule has 0 bridgehead atoms. The van der Waals surface area contributed by atoms with Crippen LogP contribution in [0.2, 0.25) is 5.02 Å². The van der Waals surface area contributed by atoms with E-state index in [0.29, 0.717) is 23.6 Å². The predicted octanol–water partition coefficient (Wildman–Crippen LogP) is 4.20. The molecule has 28 heavy (non-hydrogen) atoms. The molecule has 0 aliphatic carbocycles. The normalized spacial score (nSPS) is 17.8. The Kier molecular flexibility index (Phi) is 4.61. The van der Waals surface area contributed by atoms with Crippen molar-refractivity contribution in [3.05, 3.63) is 87.9 Å². The van der Waals surface area contributed by atoms with E-state index in [4.69, 9.17) is 27.8 Å². The van der Waals surface area contributed by atoms with Crippen LogP contribution in [0.5, 0.6) is 5.75 Å². The molecule has 4 rings (SSSR count). The van der Waals surface area contributed by atoms with Gasteiger partial charge in [-0.2, -0.15) is 0 Å². The van der Waals surface area contributed by atoms with E-state index in [2.05, 4.69) is 0 Å². The van der Waals surface area contributed by atoms with Gasteiger partial charge in [-0.05, 0) is 41.8 Å². The van der Waals surface area contributed by atoms with Gasteiger partial charge in [0.1, 0.15) is 5.75 Å². The zero-order valence-corrected chi connectivity index (χ0v) is 16.3. The van der Waals surface area contributed by atoms with Gasteiger partial charge >= 0.3 is 0 Å². The van der Waals surface area contributed by atoms with Crippen LogP contribution in [0.15, 0.2) is 60.7 Å². The van der Waals surface area contributed by atoms with Crippen molar-refractivity contribution in [2.45, 2.75) is 18.9 Å². The van der Waals surface area contributed by atoms with Gasteiger partial charge in [-0.25, -0.2) is 0 Å². The first-order chi connectivity index (χ1) is 13.5. The second-order valence-corrected chi connectivity index (χ2v) is 7.51. The van der Waals surface area contributed by atoms with Crippen LogP contribution < -0.4 is 16.2 Å². The maximum absolute atomic E-state index is 12.1. The van der Waals surface area contributed by atoms with Crippen molar-refractivity contribution in [1.82, 2.24) is 0 Å². The molecule has 0 spiro atoms. The molecule has 142 valence electrons. The highest BCUT2D eigenvalue weighted by Crippen LogP contribution is 2.48. The fourth-order valence-corrected chi connectivity index (χ4v) is 4.28. The molecule has 0 saturated heterocycles. The van der Waals surface area contributed by atoms with Gasteiger partial charge in [-0.1, -0.05) is 54.1 Å². The van der Waals surface area contributed by atoms with Crippen LogP contribution >= 0.6 is 11.6 Å². The van der Waals surface area contributed by atoms with Crippen molar-refractivity contribution in [2.24, 2.45) is 11.5 Å². The third-order valence-electron chi connectivity index (χ3n) is 5.40. The third-order valence-corrected chi connectivity index (χ3v) is 5.72. The lowest BCUT2D eigenvalue weighted by molar-refractivity contribution is 0.100. The summed E-state index contributed by atoms with van der Waals surface area (Å²) in [7, 11) is 0. The summed E-state index contributed by atoms with van der Waals surface area (Å²) in [6.07, 6.45) is 0.561. The van der Waals surface area contributed by atoms with Crippen molar-refractivity contribution < 1.29 is 9.53 Å². The summed E-state index contributed by atoms with van der Waals surface area (Å²) < 4.78 is 6.39. The molecule has 5 heteroatoms. The number of hydrogen-bond acceptors (Lipinski definition) is 3. The SMILES string of the molecule is Cc1cccc(C(N)=O)c1-c1c(Cl)ccc2c1C[C@@](CN)(c1ccccc1)O2. The van der Waals surface area contributed by atoms with Gasteiger partial charge in [0.25, 0.3) is 0 Å². The van der Waals surface area contributed by atoms with Gasteiger partial charge in [0.2, 0.25) is 5.91 Å². The summed E-state index contributed by atoms with van der Waals surface area (Å²) in [4.78, 5) is 12.1. The topological polar surface area (TPSA) is 78.3 Å². The molecular weight excluding hydrogens is 372 g/mol. The van der Waals surface area contributed by atoms with Crippen LogP contribution in [-0.2, 0) is 12.0 Å². The number of halogens is 1. The number of carbonyl (C=O) groups is 1. The molecule has 1 aliphatic heterocycles. The average molecular weight is 393 g/mol. The van der Waals surface area contributed by atoms with Gasteiger partial charge in [0.15, 0.2) is 5.60 Å². The van der Waals surface area contributed by atoms with Gasteiger partial charge in [-0.3, -0.25) is 4.79 Å². The standard InChI is InChI=1S/C23H21ClN2O2/c1-14-6-5-9-16(22(26)27)20(14)21-17-12-23(13-25,15-7-3-2-4-8-15)28-19(17)11-10-18(21)24/h2-11H,12-13,25H2,1H3,(H2,26,27)/t23-/m1/s1. The van der Waals surface area contributed by atoms with Crippen LogP contribution in [-0.4, -0.2) is 12.5 Å². The Morgan fingerprint density at radius 1 is 1.07 bits per heavy atom. The number of fused-ring (bicyclic) bond motifs is 1. The number of hydrogen-bond donors (Lipinski definition) is 2. The van der Waals surface area contributed by atoms with Crippen LogP contribution in [0.4, 0.5) is 0 Å². The summed E-state index contributed by atoms with van der Waals surface area (Å²) in [5.74, 6) is 0.242. The van der Waals surface area contributed by atoms with Crippen LogP contribution in [0, 0.1) is 6.92 Å². The van der Waals surface area contributed by atoms with Gasteiger partial charge in [-0.15, -0.1) is 0 Å². The second kappa shape index (κ2) is 6.97. The van der Waals surface area contributed by atoms with E-state index < -0.39 is 11.5 Å². The molecule has 1 heterocycles. The number of nitrogens with two attached hydrogens (primary N) is 2. The van der Waals surface area contributed by atoms with Crippen LogP contribution in [0.1, 0.15) is 27.0 Å². The Balaban J connectivity index is 1.94. The monoisotopic (exact) mass is 392 g/mol. The molecule has 0 saturated carbocycles. The number of amides is 1. The number of ether oxygens (including phenoxy) is 1. The van der Waals surface area contributed by atoms with Crippen molar-refractivity contribution in [1.29, 1.82) is 0 Å². The zero-order valence-electron chi connectivity index (χ0n) is 15.5. The number of primary amides is 1. The summed E-state index contributed by atoms with van der Waals surface area (Å²) >= 11 is 6.63. The van der Waals surface area contributed by atoms with Gasteiger partial charge in [0, 0.05) is 34.7 Å². The van der Waals surface area contributed by atoms with Crippen LogP contribution in [0.25, 0.3) is 11.1 Å². The van der Waals surface area contributed by atoms with E-state index in [1.807, 2.05) is 55.5 Å². The molecule has 1 amide bonds. The highest BCUT2D eigenvalue weighted by Gasteiger charge is 2.42. The largest absolute Gasteiger partial charge is 0.481 e. The smallest absolute Gasteiger partial charge is 0.249 e. The summed E-state index contributed by atoms with van der Waals surface area (Å²) in [6, 6.07) is 19.1. The molecule has 1 atom stereocenters. The second-order valence-electron chi connectivity index (χ2n) is 7.10. The van der Waals surface area contributed by atoms with E-state index >= 15 is 0 Å². The minimum absolute atomic E-state index is 0.319. The minimum Gasteiger partial charge on any atom is -0.481 e. The number of carbonyl (C=O) groups excluding carboxylic acids is 1. The van der Waals surface area contributed by atoms with Crippen molar-refractivity contribution in [3.8, 4) is 16.9 Å². The van der Waals surface area contributed by atoms with E-state index in [9.17, 15) is 4.79 Å². The highest BCUT2D eigenvalue weighted by molar-refractivity contribution is 6.34. The molecule has 0 aromatic heterocycles. The fraction of sp³-hybridized carbons (Fsp3) is 0.174. The Labute approximate surface area is 169 Å². The first-order valence-electron chi connectivity index (χ1n) is 9.12. The third kappa shape index (κ3) is 2.86. The van der Waals surface area contributed by atoms with E-state index in [1.54, 1.807) is 12.1 Å². The molecule has 3 aromatic rings. The Bertz CT molecular complexity index is 1070. The minimum atomic E-state index is -0.668. The Morgan fingerprint density at radius 3 is 2.50 bits per heavy atom. The Hall–Kier alpha value is -2.82. The summed E-state index contributed by atoms with van der Waals surface area (Å²) in [5.41, 5.74) is 16.0. The molecule has 0 fully saturated rings. The van der Waals surface area contributed by atoms with Crippen molar-refractivity contribution >= 4 is 17.5 Å². The molecule has 0 radical (unpaired) electrons. The number of aryl methyl sites for hydroxylation is 1. The van der Waals surface area contributed by atoms with Gasteiger partial charge in [0.05, 0.1) is 0 Å². The lowest BCUT2D eigenvalue weighted by atomic mass is 9.84. The molecule has 4 nitrogen and oxygen atoms in total. The fourth-order valence-electron chi connectivity index (χ4n) is 4.01. The molecule has 1 aliphatic rings. The summed E-state index contributed by atoms with van der Waals surface area (Å²) in [5, 5.41) is 0.556. The van der Waals surface area contributed by atoms with Crippen molar-refractivity contribution in [2.75, 3.05) is 6.54 Å². The lowest BCUT2D eigenvalue weighted by Crippen LogP contribution is -2.39. The molecule has 4 N–H and O–H groups in total. The predicted molar refractivity (Wildman–Crippen MR) is 112 cm³/mol. The molecular formula is C23H21ClN2O2. The molecule has 0 unspecified atom stereocenters. The maximum atomic E-state index is 12.1. The number of benzene rings is 3. The first-order valence-corrected chi connectivity index (χ1v) is 9.50. The summed E-state index contributed by atoms with van der Waals surface area (Å²) in [6.45, 7) is 2.26. The maximum Gasteiger partial charge on any atom is 0.249 e. The van der Waals surface area contributed by atoms with E-state index in [-0.39, 0.29) is 0 Å².